The molecule has 31 heavy (non-hydrogen) atoms. The van der Waals surface area contributed by atoms with E-state index in [9.17, 15) is 28.2 Å². The number of aliphatic hydroxyl groups is 2. The van der Waals surface area contributed by atoms with E-state index in [-0.39, 0.29) is 18.3 Å². The lowest BCUT2D eigenvalue weighted by Crippen LogP contribution is -2.38. The number of aliphatic hydroxyl groups excluding tert-OH is 1. The van der Waals surface area contributed by atoms with Crippen LogP contribution in [0.2, 0.25) is 0 Å². The van der Waals surface area contributed by atoms with E-state index >= 15 is 0 Å². The highest BCUT2D eigenvalue weighted by Gasteiger charge is 2.34. The van der Waals surface area contributed by atoms with Gasteiger partial charge >= 0.3 is 6.18 Å². The predicted molar refractivity (Wildman–Crippen MR) is 106 cm³/mol. The quantitative estimate of drug-likeness (QED) is 0.583. The van der Waals surface area contributed by atoms with Crippen LogP contribution in [-0.4, -0.2) is 43.1 Å². The van der Waals surface area contributed by atoms with Gasteiger partial charge in [-0.25, -0.2) is 4.98 Å². The third-order valence-corrected chi connectivity index (χ3v) is 5.61. The summed E-state index contributed by atoms with van der Waals surface area (Å²) in [5.41, 5.74) is -1.37. The van der Waals surface area contributed by atoms with Crippen LogP contribution in [0.15, 0.2) is 42.6 Å². The van der Waals surface area contributed by atoms with Crippen molar-refractivity contribution in [1.82, 2.24) is 14.8 Å². The number of aromatic nitrogens is 3. The van der Waals surface area contributed by atoms with Gasteiger partial charge in [0.1, 0.15) is 11.4 Å². The smallest absolute Gasteiger partial charge is 0.393 e. The largest absolute Gasteiger partial charge is 0.433 e. The number of nitrogens with zero attached hydrogens (tertiary/aromatic N) is 3. The Morgan fingerprint density at radius 3 is 2.65 bits per heavy atom. The van der Waals surface area contributed by atoms with Crippen molar-refractivity contribution < 1.29 is 28.2 Å². The van der Waals surface area contributed by atoms with E-state index in [1.54, 1.807) is 18.2 Å². The summed E-state index contributed by atoms with van der Waals surface area (Å²) >= 11 is 0. The predicted octanol–water partition coefficient (Wildman–Crippen LogP) is 3.54. The maximum atomic E-state index is 12.8. The molecule has 7 nitrogen and oxygen atoms in total. The Kier molecular flexibility index (Phi) is 5.44. The van der Waals surface area contributed by atoms with Crippen molar-refractivity contribution >= 4 is 22.5 Å². The number of halogens is 3. The molecule has 3 aromatic rings. The lowest BCUT2D eigenvalue weighted by molar-refractivity contribution is -0.141. The molecule has 1 aromatic carbocycles. The van der Waals surface area contributed by atoms with Crippen LogP contribution in [-0.2, 0) is 6.18 Å². The van der Waals surface area contributed by atoms with E-state index in [0.717, 1.165) is 17.5 Å². The molecule has 2 aromatic heterocycles. The van der Waals surface area contributed by atoms with Crippen LogP contribution in [0.3, 0.4) is 0 Å². The zero-order chi connectivity index (χ0) is 22.2. The Morgan fingerprint density at radius 2 is 1.97 bits per heavy atom. The highest BCUT2D eigenvalue weighted by atomic mass is 19.4. The van der Waals surface area contributed by atoms with Gasteiger partial charge in [0.05, 0.1) is 23.8 Å². The molecule has 0 bridgehead atoms. The second-order valence-corrected chi connectivity index (χ2v) is 7.86. The van der Waals surface area contributed by atoms with Gasteiger partial charge in [-0.15, -0.1) is 0 Å². The summed E-state index contributed by atoms with van der Waals surface area (Å²) in [7, 11) is 0. The first-order valence-electron chi connectivity index (χ1n) is 9.85. The van der Waals surface area contributed by atoms with Gasteiger partial charge in [0.25, 0.3) is 5.91 Å². The summed E-state index contributed by atoms with van der Waals surface area (Å²) in [4.78, 5) is 15.8. The minimum atomic E-state index is -4.63. The van der Waals surface area contributed by atoms with Gasteiger partial charge in [-0.3, -0.25) is 9.48 Å². The summed E-state index contributed by atoms with van der Waals surface area (Å²) in [6.45, 7) is -0.259. The van der Waals surface area contributed by atoms with Crippen molar-refractivity contribution in [3.05, 3.63) is 54.0 Å². The molecular formula is C21H21F3N4O3. The van der Waals surface area contributed by atoms with Crippen LogP contribution in [0.1, 0.15) is 47.9 Å². The first-order chi connectivity index (χ1) is 14.7. The summed E-state index contributed by atoms with van der Waals surface area (Å²) < 4.78 is 40.3. The zero-order valence-corrected chi connectivity index (χ0v) is 16.4. The highest BCUT2D eigenvalue weighted by Crippen LogP contribution is 2.35. The molecule has 1 fully saturated rings. The molecule has 3 N–H and O–H groups in total. The maximum Gasteiger partial charge on any atom is 0.433 e. The molecule has 0 atom stereocenters. The Morgan fingerprint density at radius 1 is 1.23 bits per heavy atom. The fraction of sp³-hybridized carbons (Fsp3) is 0.381. The molecule has 0 aliphatic heterocycles. The summed E-state index contributed by atoms with van der Waals surface area (Å²) in [5, 5.41) is 27.3. The van der Waals surface area contributed by atoms with Crippen molar-refractivity contribution in [1.29, 1.82) is 0 Å². The zero-order valence-electron chi connectivity index (χ0n) is 16.4. The van der Waals surface area contributed by atoms with Crippen LogP contribution in [0.25, 0.3) is 10.9 Å². The van der Waals surface area contributed by atoms with Gasteiger partial charge in [-0.05, 0) is 56.0 Å². The number of fused-ring (bicyclic) bond motifs is 1. The number of anilines is 1. The topological polar surface area (TPSA) is 100 Å². The van der Waals surface area contributed by atoms with Gasteiger partial charge in [-0.2, -0.15) is 18.3 Å². The Bertz CT molecular complexity index is 1100. The van der Waals surface area contributed by atoms with Crippen LogP contribution in [0, 0.1) is 0 Å². The minimum absolute atomic E-state index is 0.0894. The number of amides is 1. The first kappa shape index (κ1) is 21.3. The van der Waals surface area contributed by atoms with Crippen LogP contribution < -0.4 is 5.32 Å². The highest BCUT2D eigenvalue weighted by molar-refractivity contribution is 6.03. The molecule has 1 amide bonds. The number of alkyl halides is 3. The lowest BCUT2D eigenvalue weighted by atomic mass is 9.83. The van der Waals surface area contributed by atoms with Gasteiger partial charge in [-0.1, -0.05) is 6.07 Å². The maximum absolute atomic E-state index is 12.8. The number of hydrogen-bond donors (Lipinski definition) is 3. The van der Waals surface area contributed by atoms with E-state index in [1.807, 2.05) is 10.9 Å². The normalized spacial score (nSPS) is 21.9. The molecule has 0 unspecified atom stereocenters. The molecule has 1 aliphatic rings. The van der Waals surface area contributed by atoms with E-state index in [4.69, 9.17) is 0 Å². The van der Waals surface area contributed by atoms with Gasteiger partial charge in [0.15, 0.2) is 0 Å². The second kappa shape index (κ2) is 7.93. The monoisotopic (exact) mass is 434 g/mol. The van der Waals surface area contributed by atoms with Crippen molar-refractivity contribution in [2.45, 2.75) is 43.5 Å². The van der Waals surface area contributed by atoms with Crippen molar-refractivity contribution in [3.8, 4) is 0 Å². The summed E-state index contributed by atoms with van der Waals surface area (Å²) in [6.07, 6.45) is -0.478. The van der Waals surface area contributed by atoms with Gasteiger partial charge in [0, 0.05) is 17.3 Å². The number of pyridine rings is 1. The Hall–Kier alpha value is -2.98. The molecule has 0 spiro atoms. The van der Waals surface area contributed by atoms with E-state index in [2.05, 4.69) is 15.4 Å². The Labute approximate surface area is 175 Å². The van der Waals surface area contributed by atoms with Crippen molar-refractivity contribution in [3.63, 3.8) is 0 Å². The third kappa shape index (κ3) is 4.54. The number of rotatable bonds is 4. The fourth-order valence-electron chi connectivity index (χ4n) is 3.79. The number of nitrogens with one attached hydrogen (secondary N) is 1. The van der Waals surface area contributed by atoms with Crippen LogP contribution in [0.4, 0.5) is 18.9 Å². The van der Waals surface area contributed by atoms with Gasteiger partial charge < -0.3 is 15.5 Å². The Balaban J connectivity index is 1.49. The summed E-state index contributed by atoms with van der Waals surface area (Å²) in [6, 6.07) is 8.29. The SMILES string of the molecule is O=C(Nc1ccc2nn([C@H]3CC[C@](O)(CO)CC3)cc2c1)c1cccc(C(F)(F)F)n1. The number of carbonyl (C=O) groups excluding carboxylic acids is 1. The molecule has 0 saturated heterocycles. The first-order valence-corrected chi connectivity index (χ1v) is 9.85. The lowest BCUT2D eigenvalue weighted by Gasteiger charge is -2.34. The average Bonchev–Trinajstić information content (AvgIpc) is 3.17. The molecule has 1 aliphatic carbocycles. The molecule has 1 saturated carbocycles. The molecule has 2 heterocycles. The minimum Gasteiger partial charge on any atom is -0.393 e. The number of hydrogen-bond acceptors (Lipinski definition) is 5. The van der Waals surface area contributed by atoms with Crippen LogP contribution >= 0.6 is 0 Å². The molecule has 164 valence electrons. The van der Waals surface area contributed by atoms with E-state index in [0.29, 0.717) is 36.9 Å². The molecular weight excluding hydrogens is 413 g/mol. The fourth-order valence-corrected chi connectivity index (χ4v) is 3.79. The van der Waals surface area contributed by atoms with Crippen molar-refractivity contribution in [2.24, 2.45) is 0 Å². The molecule has 10 heteroatoms. The number of carbonyl (C=O) groups is 1. The third-order valence-electron chi connectivity index (χ3n) is 5.61. The summed E-state index contributed by atoms with van der Waals surface area (Å²) in [5.74, 6) is -0.742. The molecule has 0 radical (unpaired) electrons. The van der Waals surface area contributed by atoms with Crippen LogP contribution in [0.5, 0.6) is 0 Å². The second-order valence-electron chi connectivity index (χ2n) is 7.86. The number of benzene rings is 1. The molecule has 4 rings (SSSR count). The van der Waals surface area contributed by atoms with Gasteiger partial charge in [0.2, 0.25) is 0 Å². The van der Waals surface area contributed by atoms with Crippen molar-refractivity contribution in [2.75, 3.05) is 11.9 Å². The average molecular weight is 434 g/mol. The standard InChI is InChI=1S/C21H21F3N4O3/c22-21(23,24)18-3-1-2-17(26-18)19(30)25-14-4-5-16-13(10-14)11-28(27-16)15-6-8-20(31,12-29)9-7-15/h1-5,10-11,15,29,31H,6-9,12H2,(H,25,30)/t15-,20+. The van der Waals surface area contributed by atoms with E-state index in [1.165, 1.54) is 6.07 Å². The van der Waals surface area contributed by atoms with E-state index < -0.39 is 23.4 Å².